The number of nitrogens with two attached hydrogens (primary N) is 1. The molecule has 0 unspecified atom stereocenters. The molecule has 0 fully saturated rings. The number of hydrogen-bond acceptors (Lipinski definition) is 10. The molecule has 0 saturated carbocycles. The van der Waals surface area contributed by atoms with Gasteiger partial charge in [0.25, 0.3) is 0 Å². The van der Waals surface area contributed by atoms with Gasteiger partial charge in [0.1, 0.15) is 6.54 Å². The fourth-order valence-electron chi connectivity index (χ4n) is 3.56. The molecule has 2 rings (SSSR count). The van der Waals surface area contributed by atoms with Crippen LogP contribution in [0.4, 0.5) is 17.3 Å². The van der Waals surface area contributed by atoms with Crippen molar-refractivity contribution in [3.05, 3.63) is 45.5 Å². The van der Waals surface area contributed by atoms with Gasteiger partial charge < -0.3 is 25.0 Å². The van der Waals surface area contributed by atoms with Gasteiger partial charge in [0.2, 0.25) is 11.6 Å². The van der Waals surface area contributed by atoms with Gasteiger partial charge in [-0.3, -0.25) is 14.9 Å². The fraction of sp³-hybridized carbons (Fsp3) is 0.560. The van der Waals surface area contributed by atoms with Gasteiger partial charge >= 0.3 is 17.7 Å². The molecule has 0 amide bonds. The third-order valence-corrected chi connectivity index (χ3v) is 5.45. The molecule has 2 N–H and O–H groups in total. The summed E-state index contributed by atoms with van der Waals surface area (Å²) in [6.07, 6.45) is 3.95. The van der Waals surface area contributed by atoms with E-state index in [-0.39, 0.29) is 37.3 Å². The van der Waals surface area contributed by atoms with Crippen molar-refractivity contribution in [2.45, 2.75) is 59.5 Å². The maximum absolute atomic E-state index is 12.4. The van der Waals surface area contributed by atoms with Gasteiger partial charge in [0.05, 0.1) is 18.1 Å². The highest BCUT2D eigenvalue weighted by Gasteiger charge is 2.29. The van der Waals surface area contributed by atoms with E-state index < -0.39 is 16.6 Å². The predicted molar refractivity (Wildman–Crippen MR) is 139 cm³/mol. The molecule has 0 saturated heterocycles. The summed E-state index contributed by atoms with van der Waals surface area (Å²) in [7, 11) is 2.09. The Bertz CT molecular complexity index is 986. The molecule has 1 heterocycles. The second-order valence-electron chi connectivity index (χ2n) is 8.59. The first-order valence-corrected chi connectivity index (χ1v) is 12.4. The van der Waals surface area contributed by atoms with Crippen LogP contribution in [-0.2, 0) is 22.6 Å². The molecule has 36 heavy (non-hydrogen) atoms. The van der Waals surface area contributed by atoms with Crippen LogP contribution in [0, 0.1) is 10.1 Å². The van der Waals surface area contributed by atoms with Crippen molar-refractivity contribution in [1.82, 2.24) is 14.9 Å². The lowest BCUT2D eigenvalue weighted by Crippen LogP contribution is -2.32. The molecule has 11 nitrogen and oxygen atoms in total. The van der Waals surface area contributed by atoms with E-state index in [1.165, 1.54) is 4.90 Å². The van der Waals surface area contributed by atoms with Crippen molar-refractivity contribution < 1.29 is 19.2 Å². The summed E-state index contributed by atoms with van der Waals surface area (Å²) in [6, 6.07) is 7.85. The molecule has 1 aromatic carbocycles. The molecule has 0 spiro atoms. The molecule has 0 atom stereocenters. The van der Waals surface area contributed by atoms with E-state index in [0.29, 0.717) is 6.61 Å². The van der Waals surface area contributed by atoms with E-state index in [0.717, 1.165) is 49.9 Å². The quantitative estimate of drug-likeness (QED) is 0.155. The van der Waals surface area contributed by atoms with Crippen LogP contribution in [0.3, 0.4) is 0 Å². The molecule has 0 radical (unpaired) electrons. The zero-order chi connectivity index (χ0) is 26.5. The minimum atomic E-state index is -0.645. The number of aromatic nitrogens is 2. The smallest absolute Gasteiger partial charge is 0.353 e. The van der Waals surface area contributed by atoms with Gasteiger partial charge in [0.15, 0.2) is 0 Å². The van der Waals surface area contributed by atoms with Crippen molar-refractivity contribution in [3.8, 4) is 6.01 Å². The Hall–Kier alpha value is -3.47. The maximum atomic E-state index is 12.4. The third kappa shape index (κ3) is 8.95. The van der Waals surface area contributed by atoms with Gasteiger partial charge in [-0.2, -0.15) is 9.97 Å². The molecule has 2 aromatic rings. The van der Waals surface area contributed by atoms with Gasteiger partial charge in [-0.1, -0.05) is 51.0 Å². The Morgan fingerprint density at radius 1 is 1.06 bits per heavy atom. The van der Waals surface area contributed by atoms with E-state index in [1.54, 1.807) is 6.92 Å². The molecule has 0 aliphatic rings. The van der Waals surface area contributed by atoms with Gasteiger partial charge in [-0.05, 0) is 44.5 Å². The van der Waals surface area contributed by atoms with E-state index in [9.17, 15) is 14.9 Å². The van der Waals surface area contributed by atoms with Crippen LogP contribution in [0.25, 0.3) is 0 Å². The minimum absolute atomic E-state index is 0.0686. The number of nitrogens with zero attached hydrogens (tertiary/aromatic N) is 5. The Morgan fingerprint density at radius 2 is 1.69 bits per heavy atom. The standard InChI is InChI=1S/C25H38N6O5/c1-5-8-14-29(4)16-19-10-12-20(13-11-19)17-30(18-21(32)35-7-3)24-22(31(33)34)23(26)27-25(28-24)36-15-9-6-2/h10-13H,5-9,14-18H2,1-4H3,(H2,26,27,28). The first kappa shape index (κ1) is 28.8. The Morgan fingerprint density at radius 3 is 2.28 bits per heavy atom. The summed E-state index contributed by atoms with van der Waals surface area (Å²) in [5, 5.41) is 11.9. The van der Waals surface area contributed by atoms with Crippen LogP contribution in [0.2, 0.25) is 0 Å². The van der Waals surface area contributed by atoms with E-state index in [1.807, 2.05) is 31.2 Å². The highest BCUT2D eigenvalue weighted by Crippen LogP contribution is 2.33. The number of hydrogen-bond donors (Lipinski definition) is 1. The number of esters is 1. The zero-order valence-electron chi connectivity index (χ0n) is 21.7. The van der Waals surface area contributed by atoms with Crippen molar-refractivity contribution in [2.75, 3.05) is 44.0 Å². The van der Waals surface area contributed by atoms with Gasteiger partial charge in [-0.25, -0.2) is 0 Å². The van der Waals surface area contributed by atoms with E-state index in [2.05, 4.69) is 28.8 Å². The molecular weight excluding hydrogens is 464 g/mol. The van der Waals surface area contributed by atoms with Crippen molar-refractivity contribution in [3.63, 3.8) is 0 Å². The van der Waals surface area contributed by atoms with Crippen LogP contribution < -0.4 is 15.4 Å². The van der Waals surface area contributed by atoms with E-state index >= 15 is 0 Å². The van der Waals surface area contributed by atoms with Crippen molar-refractivity contribution in [2.24, 2.45) is 0 Å². The molecule has 198 valence electrons. The Labute approximate surface area is 212 Å². The fourth-order valence-corrected chi connectivity index (χ4v) is 3.56. The third-order valence-electron chi connectivity index (χ3n) is 5.45. The Kier molecular flexibility index (Phi) is 11.8. The summed E-state index contributed by atoms with van der Waals surface area (Å²) in [5.41, 5.74) is 7.45. The normalized spacial score (nSPS) is 10.9. The zero-order valence-corrected chi connectivity index (χ0v) is 21.7. The summed E-state index contributed by atoms with van der Waals surface area (Å²) < 4.78 is 10.7. The topological polar surface area (TPSA) is 137 Å². The average molecular weight is 503 g/mol. The average Bonchev–Trinajstić information content (AvgIpc) is 2.83. The molecule has 0 aliphatic heterocycles. The molecular formula is C25H38N6O5. The summed E-state index contributed by atoms with van der Waals surface area (Å²) in [6.45, 7) is 8.18. The summed E-state index contributed by atoms with van der Waals surface area (Å²) >= 11 is 0. The van der Waals surface area contributed by atoms with Crippen LogP contribution in [0.15, 0.2) is 24.3 Å². The number of nitro groups is 1. The van der Waals surface area contributed by atoms with E-state index in [4.69, 9.17) is 15.2 Å². The van der Waals surface area contributed by atoms with Crippen LogP contribution in [0.1, 0.15) is 57.6 Å². The second-order valence-corrected chi connectivity index (χ2v) is 8.59. The van der Waals surface area contributed by atoms with Gasteiger partial charge in [-0.15, -0.1) is 0 Å². The second kappa shape index (κ2) is 14.8. The van der Waals surface area contributed by atoms with Gasteiger partial charge in [0, 0.05) is 13.1 Å². The number of carbonyl (C=O) groups is 1. The molecule has 0 aliphatic carbocycles. The lowest BCUT2D eigenvalue weighted by molar-refractivity contribution is -0.383. The molecule has 11 heteroatoms. The monoisotopic (exact) mass is 502 g/mol. The highest BCUT2D eigenvalue weighted by atomic mass is 16.6. The number of rotatable bonds is 16. The SMILES string of the molecule is CCCCOc1nc(N)c([N+](=O)[O-])c(N(CC(=O)OCC)Cc2ccc(CN(C)CCCC)cc2)n1. The van der Waals surface area contributed by atoms with Crippen molar-refractivity contribution in [1.29, 1.82) is 0 Å². The maximum Gasteiger partial charge on any atom is 0.353 e. The summed E-state index contributed by atoms with van der Waals surface area (Å²) in [4.78, 5) is 35.6. The Balaban J connectivity index is 2.35. The number of anilines is 2. The van der Waals surface area contributed by atoms with Crippen LogP contribution in [-0.4, -0.2) is 59.1 Å². The molecule has 0 bridgehead atoms. The number of carbonyl (C=O) groups excluding carboxylic acids is 1. The van der Waals surface area contributed by atoms with Crippen molar-refractivity contribution >= 4 is 23.3 Å². The largest absolute Gasteiger partial charge is 0.465 e. The number of nitrogen functional groups attached to an aromatic ring is 1. The number of unbranched alkanes of at least 4 members (excludes halogenated alkanes) is 2. The molecule has 1 aromatic heterocycles. The number of benzene rings is 1. The lowest BCUT2D eigenvalue weighted by atomic mass is 10.1. The van der Waals surface area contributed by atoms with Crippen LogP contribution >= 0.6 is 0 Å². The predicted octanol–water partition coefficient (Wildman–Crippen LogP) is 3.95. The first-order chi connectivity index (χ1) is 17.3. The van der Waals surface area contributed by atoms with Crippen LogP contribution in [0.5, 0.6) is 6.01 Å². The minimum Gasteiger partial charge on any atom is -0.465 e. The highest BCUT2D eigenvalue weighted by molar-refractivity contribution is 5.78. The lowest BCUT2D eigenvalue weighted by Gasteiger charge is -2.23. The summed E-state index contributed by atoms with van der Waals surface area (Å²) in [5.74, 6) is -0.946. The first-order valence-electron chi connectivity index (χ1n) is 12.4. The number of ether oxygens (including phenoxy) is 2.